The average molecular weight is 555 g/mol. The van der Waals surface area contributed by atoms with Gasteiger partial charge in [-0.15, -0.1) is 0 Å². The Morgan fingerprint density at radius 2 is 2.00 bits per heavy atom. The molecule has 2 saturated carbocycles. The number of carbonyl (C=O) groups excluding carboxylic acids is 3. The third kappa shape index (κ3) is 3.36. The molecule has 3 saturated heterocycles. The van der Waals surface area contributed by atoms with E-state index in [1.165, 1.54) is 7.11 Å². The van der Waals surface area contributed by atoms with Crippen molar-refractivity contribution in [2.75, 3.05) is 13.7 Å². The Labute approximate surface area is 233 Å². The Morgan fingerprint density at radius 1 is 1.25 bits per heavy atom. The molecule has 9 nitrogen and oxygen atoms in total. The van der Waals surface area contributed by atoms with Gasteiger partial charge in [-0.2, -0.15) is 0 Å². The zero-order valence-electron chi connectivity index (χ0n) is 23.8. The Hall–Kier alpha value is -2.91. The molecule has 0 aromatic carbocycles. The summed E-state index contributed by atoms with van der Waals surface area (Å²) in [7, 11) is 1.35. The van der Waals surface area contributed by atoms with Crippen molar-refractivity contribution in [1.29, 1.82) is 0 Å². The van der Waals surface area contributed by atoms with Gasteiger partial charge in [-0.3, -0.25) is 9.59 Å². The summed E-state index contributed by atoms with van der Waals surface area (Å²) in [5.41, 5.74) is 1.01. The summed E-state index contributed by atoms with van der Waals surface area (Å²) in [5, 5.41) is 12.5. The van der Waals surface area contributed by atoms with Crippen LogP contribution in [0.25, 0.3) is 0 Å². The number of aliphatic hydroxyl groups is 1. The van der Waals surface area contributed by atoms with Gasteiger partial charge in [-0.25, -0.2) is 4.79 Å². The average Bonchev–Trinajstić information content (AvgIpc) is 3.44. The van der Waals surface area contributed by atoms with Crippen molar-refractivity contribution in [1.82, 2.24) is 0 Å². The molecule has 1 N–H and O–H groups in total. The SMILES string of the molecule is C=C(C)C(=O)O[C@@H]1[C@@H]2CC3=C4CC(=O)O[C@@H](c5ccoc5)[C@]4(C)CC[C@@H]3[C@]3(C)[C@@H](CC(=O)OC)[C@]1(C)CO[C@]23O. The van der Waals surface area contributed by atoms with E-state index in [2.05, 4.69) is 13.5 Å². The molecule has 3 aliphatic carbocycles. The lowest BCUT2D eigenvalue weighted by molar-refractivity contribution is -0.438. The van der Waals surface area contributed by atoms with Crippen LogP contribution in [0.3, 0.4) is 0 Å². The number of hydrogen-bond acceptors (Lipinski definition) is 9. The summed E-state index contributed by atoms with van der Waals surface area (Å²) < 4.78 is 28.8. The minimum absolute atomic E-state index is 0.0408. The highest BCUT2D eigenvalue weighted by Gasteiger charge is 2.79. The van der Waals surface area contributed by atoms with Gasteiger partial charge in [-0.1, -0.05) is 32.9 Å². The molecule has 6 aliphatic rings. The molecule has 0 unspecified atom stereocenters. The number of cyclic esters (lactones) is 1. The molecule has 4 heterocycles. The minimum Gasteiger partial charge on any atom is -0.472 e. The van der Waals surface area contributed by atoms with Crippen molar-refractivity contribution in [3.05, 3.63) is 47.5 Å². The number of furan rings is 1. The summed E-state index contributed by atoms with van der Waals surface area (Å²) in [6, 6.07) is 1.83. The molecule has 216 valence electrons. The van der Waals surface area contributed by atoms with Gasteiger partial charge in [0.15, 0.2) is 5.79 Å². The van der Waals surface area contributed by atoms with Gasteiger partial charge < -0.3 is 28.5 Å². The van der Waals surface area contributed by atoms with E-state index in [0.717, 1.165) is 16.7 Å². The molecule has 3 aliphatic heterocycles. The van der Waals surface area contributed by atoms with Gasteiger partial charge in [0.25, 0.3) is 0 Å². The first kappa shape index (κ1) is 27.3. The van der Waals surface area contributed by atoms with Crippen molar-refractivity contribution in [2.24, 2.45) is 34.0 Å². The summed E-state index contributed by atoms with van der Waals surface area (Å²) >= 11 is 0. The predicted octanol–water partition coefficient (Wildman–Crippen LogP) is 4.41. The van der Waals surface area contributed by atoms with Gasteiger partial charge in [-0.05, 0) is 49.7 Å². The maximum atomic E-state index is 13.0. The van der Waals surface area contributed by atoms with E-state index in [0.29, 0.717) is 19.3 Å². The standard InChI is InChI=1S/C31H38O9/c1-16(2)27(34)40-26-21-11-18-19(30(5)22(13-23(32)36-6)29(26,4)15-38-31(21,30)35)7-9-28(3)20(18)12-24(33)39-25(28)17-8-10-37-14-17/h8,10,14,19,21-22,25-26,35H,1,7,9,11-13,15H2,2-6H3/t19-,21-,22-,25-,26+,28+,29-,30+,31+/m0/s1. The molecule has 9 heteroatoms. The maximum absolute atomic E-state index is 13.0. The fraction of sp³-hybridized carbons (Fsp3) is 0.645. The van der Waals surface area contributed by atoms with Gasteiger partial charge in [0, 0.05) is 33.8 Å². The molecule has 0 amide bonds. The van der Waals surface area contributed by atoms with Crippen molar-refractivity contribution >= 4 is 17.9 Å². The second-order valence-corrected chi connectivity index (χ2v) is 13.1. The molecule has 5 fully saturated rings. The molecule has 0 spiro atoms. The largest absolute Gasteiger partial charge is 0.472 e. The Morgan fingerprint density at radius 3 is 2.65 bits per heavy atom. The van der Waals surface area contributed by atoms with Gasteiger partial charge >= 0.3 is 17.9 Å². The maximum Gasteiger partial charge on any atom is 0.333 e. The molecule has 7 rings (SSSR count). The second-order valence-electron chi connectivity index (χ2n) is 13.1. The lowest BCUT2D eigenvalue weighted by atomic mass is 9.37. The lowest BCUT2D eigenvalue weighted by Gasteiger charge is -2.74. The third-order valence-corrected chi connectivity index (χ3v) is 11.2. The van der Waals surface area contributed by atoms with Crippen LogP contribution in [0, 0.1) is 34.0 Å². The second kappa shape index (κ2) is 8.79. The predicted molar refractivity (Wildman–Crippen MR) is 140 cm³/mol. The van der Waals surface area contributed by atoms with Crippen molar-refractivity contribution in [3.8, 4) is 0 Å². The van der Waals surface area contributed by atoms with E-state index in [-0.39, 0.29) is 36.9 Å². The smallest absolute Gasteiger partial charge is 0.333 e. The monoisotopic (exact) mass is 554 g/mol. The lowest BCUT2D eigenvalue weighted by Crippen LogP contribution is -2.80. The fourth-order valence-electron chi connectivity index (χ4n) is 9.20. The molecule has 4 bridgehead atoms. The van der Waals surface area contributed by atoms with Crippen LogP contribution in [0.5, 0.6) is 0 Å². The van der Waals surface area contributed by atoms with Crippen LogP contribution in [0.1, 0.15) is 71.5 Å². The van der Waals surface area contributed by atoms with Gasteiger partial charge in [0.2, 0.25) is 0 Å². The summed E-state index contributed by atoms with van der Waals surface area (Å²) in [4.78, 5) is 38.8. The van der Waals surface area contributed by atoms with Crippen LogP contribution in [0.2, 0.25) is 0 Å². The number of fused-ring (bicyclic) bond motifs is 3. The highest BCUT2D eigenvalue weighted by molar-refractivity contribution is 5.87. The molecular formula is C31H38O9. The van der Waals surface area contributed by atoms with Crippen LogP contribution < -0.4 is 0 Å². The molecule has 0 radical (unpaired) electrons. The minimum atomic E-state index is -1.65. The summed E-state index contributed by atoms with van der Waals surface area (Å²) in [6.07, 6.45) is 3.98. The first-order chi connectivity index (χ1) is 18.8. The number of allylic oxidation sites excluding steroid dienone is 1. The fourth-order valence-corrected chi connectivity index (χ4v) is 9.20. The highest BCUT2D eigenvalue weighted by Crippen LogP contribution is 2.74. The molecule has 1 aromatic rings. The van der Waals surface area contributed by atoms with Crippen LogP contribution in [0.15, 0.2) is 46.3 Å². The summed E-state index contributed by atoms with van der Waals surface area (Å²) in [6.45, 7) is 11.6. The summed E-state index contributed by atoms with van der Waals surface area (Å²) in [5.74, 6) is -4.07. The first-order valence-electron chi connectivity index (χ1n) is 14.0. The van der Waals surface area contributed by atoms with Gasteiger partial charge in [0.05, 0.1) is 38.6 Å². The first-order valence-corrected chi connectivity index (χ1v) is 14.0. The molecule has 40 heavy (non-hydrogen) atoms. The van der Waals surface area contributed by atoms with E-state index < -0.39 is 58.0 Å². The van der Waals surface area contributed by atoms with Crippen LogP contribution in [0.4, 0.5) is 0 Å². The van der Waals surface area contributed by atoms with E-state index in [1.807, 2.05) is 19.9 Å². The molecular weight excluding hydrogens is 516 g/mol. The Bertz CT molecular complexity index is 1310. The zero-order chi connectivity index (χ0) is 28.8. The van der Waals surface area contributed by atoms with Gasteiger partial charge in [0.1, 0.15) is 12.2 Å². The van der Waals surface area contributed by atoms with E-state index in [9.17, 15) is 19.5 Å². The number of esters is 3. The number of methoxy groups -OCH3 is 1. The number of hydrogen-bond donors (Lipinski definition) is 1. The van der Waals surface area contributed by atoms with Crippen molar-refractivity contribution < 1.29 is 42.9 Å². The topological polar surface area (TPSA) is 122 Å². The van der Waals surface area contributed by atoms with Crippen LogP contribution in [-0.2, 0) is 33.3 Å². The van der Waals surface area contributed by atoms with Crippen molar-refractivity contribution in [2.45, 2.75) is 77.8 Å². The van der Waals surface area contributed by atoms with E-state index >= 15 is 0 Å². The molecule has 1 aromatic heterocycles. The zero-order valence-corrected chi connectivity index (χ0v) is 23.8. The number of rotatable bonds is 5. The van der Waals surface area contributed by atoms with Crippen LogP contribution >= 0.6 is 0 Å². The van der Waals surface area contributed by atoms with E-state index in [4.69, 9.17) is 23.4 Å². The third-order valence-electron chi connectivity index (χ3n) is 11.2. The normalized spacial score (nSPS) is 43.4. The van der Waals surface area contributed by atoms with E-state index in [1.54, 1.807) is 19.5 Å². The highest BCUT2D eigenvalue weighted by atomic mass is 16.6. The van der Waals surface area contributed by atoms with Crippen LogP contribution in [-0.4, -0.2) is 48.6 Å². The number of carbonyl (C=O) groups is 3. The van der Waals surface area contributed by atoms with Crippen molar-refractivity contribution in [3.63, 3.8) is 0 Å². The Balaban J connectivity index is 1.54. The number of ether oxygens (including phenoxy) is 4. The quantitative estimate of drug-likeness (QED) is 0.244. The molecule has 9 atom stereocenters. The Kier molecular flexibility index (Phi) is 5.99.